The van der Waals surface area contributed by atoms with Gasteiger partial charge in [0.2, 0.25) is 5.91 Å². The third kappa shape index (κ3) is 2.71. The molecule has 3 N–H and O–H groups in total. The molecule has 0 radical (unpaired) electrons. The molecule has 6 heteroatoms. The average Bonchev–Trinajstić information content (AvgIpc) is 3.10. The van der Waals surface area contributed by atoms with E-state index in [1.807, 2.05) is 36.5 Å². The second-order valence-corrected chi connectivity index (χ2v) is 4.84. The Hall–Kier alpha value is -2.18. The number of aliphatic hydroxyl groups is 1. The third-order valence-electron chi connectivity index (χ3n) is 3.33. The Kier molecular flexibility index (Phi) is 3.49. The van der Waals surface area contributed by atoms with Crippen LogP contribution in [0, 0.1) is 0 Å². The minimum absolute atomic E-state index is 0.117. The van der Waals surface area contributed by atoms with Crippen LogP contribution in [0.2, 0.25) is 0 Å². The fraction of sp³-hybridized carbons (Fsp3) is 0.286. The number of carbonyl (C=O) groups excluding carboxylic acids is 1. The summed E-state index contributed by atoms with van der Waals surface area (Å²) in [4.78, 5) is 12.0. The molecular weight excluding hydrogens is 256 g/mol. The Morgan fingerprint density at radius 3 is 2.80 bits per heavy atom. The van der Waals surface area contributed by atoms with Crippen molar-refractivity contribution < 1.29 is 9.90 Å². The molecule has 2 heterocycles. The summed E-state index contributed by atoms with van der Waals surface area (Å²) in [6, 6.07) is 8.97. The number of benzene rings is 1. The maximum atomic E-state index is 12.0. The quantitative estimate of drug-likeness (QED) is 0.761. The van der Waals surface area contributed by atoms with Gasteiger partial charge in [-0.3, -0.25) is 4.79 Å². The first-order chi connectivity index (χ1) is 9.72. The van der Waals surface area contributed by atoms with Crippen molar-refractivity contribution in [2.24, 2.45) is 0 Å². The van der Waals surface area contributed by atoms with Crippen molar-refractivity contribution in [2.75, 3.05) is 11.9 Å². The van der Waals surface area contributed by atoms with Crippen LogP contribution in [0.4, 0.5) is 5.69 Å². The molecule has 2 aromatic rings. The van der Waals surface area contributed by atoms with Crippen molar-refractivity contribution in [1.82, 2.24) is 15.1 Å². The molecular formula is C14H16N4O2. The van der Waals surface area contributed by atoms with Gasteiger partial charge in [-0.05, 0) is 36.8 Å². The van der Waals surface area contributed by atoms with Crippen LogP contribution >= 0.6 is 0 Å². The number of hydrogen-bond acceptors (Lipinski definition) is 4. The Morgan fingerprint density at radius 2 is 2.20 bits per heavy atom. The SMILES string of the molecule is O=C(Nc1ccc(-n2cccn2)cc1)C1CC(O)CN1. The van der Waals surface area contributed by atoms with E-state index in [1.54, 1.807) is 10.9 Å². The predicted octanol–water partition coefficient (Wildman–Crippen LogP) is 0.534. The summed E-state index contributed by atoms with van der Waals surface area (Å²) in [5, 5.41) is 19.4. The number of anilines is 1. The summed E-state index contributed by atoms with van der Waals surface area (Å²) in [6.07, 6.45) is 3.59. The van der Waals surface area contributed by atoms with Gasteiger partial charge in [-0.2, -0.15) is 5.10 Å². The third-order valence-corrected chi connectivity index (χ3v) is 3.33. The normalized spacial score (nSPS) is 21.9. The number of aliphatic hydroxyl groups excluding tert-OH is 1. The van der Waals surface area contributed by atoms with E-state index in [9.17, 15) is 9.90 Å². The summed E-state index contributed by atoms with van der Waals surface area (Å²) in [5.74, 6) is -0.117. The second kappa shape index (κ2) is 5.44. The summed E-state index contributed by atoms with van der Waals surface area (Å²) in [5.41, 5.74) is 1.66. The molecule has 0 bridgehead atoms. The standard InChI is InChI=1S/C14H16N4O2/c19-12-8-13(15-9-12)14(20)17-10-2-4-11(5-3-10)18-7-1-6-16-18/h1-7,12-13,15,19H,8-9H2,(H,17,20). The van der Waals surface area contributed by atoms with Gasteiger partial charge in [0.25, 0.3) is 0 Å². The molecule has 6 nitrogen and oxygen atoms in total. The van der Waals surface area contributed by atoms with Gasteiger partial charge in [0, 0.05) is 24.6 Å². The molecule has 104 valence electrons. The molecule has 1 fully saturated rings. The monoisotopic (exact) mass is 272 g/mol. The number of carbonyl (C=O) groups is 1. The number of aromatic nitrogens is 2. The molecule has 0 aliphatic carbocycles. The van der Waals surface area contributed by atoms with Crippen LogP contribution in [0.1, 0.15) is 6.42 Å². The maximum absolute atomic E-state index is 12.0. The molecule has 2 atom stereocenters. The van der Waals surface area contributed by atoms with Gasteiger partial charge in [0.15, 0.2) is 0 Å². The number of rotatable bonds is 3. The van der Waals surface area contributed by atoms with E-state index >= 15 is 0 Å². The highest BCUT2D eigenvalue weighted by atomic mass is 16.3. The van der Waals surface area contributed by atoms with Crippen molar-refractivity contribution in [2.45, 2.75) is 18.6 Å². The zero-order valence-corrected chi connectivity index (χ0v) is 10.9. The van der Waals surface area contributed by atoms with Gasteiger partial charge < -0.3 is 15.7 Å². The second-order valence-electron chi connectivity index (χ2n) is 4.84. The highest BCUT2D eigenvalue weighted by molar-refractivity contribution is 5.95. The topological polar surface area (TPSA) is 79.2 Å². The van der Waals surface area contributed by atoms with Crippen LogP contribution in [0.15, 0.2) is 42.7 Å². The number of nitrogens with zero attached hydrogens (tertiary/aromatic N) is 2. The lowest BCUT2D eigenvalue weighted by molar-refractivity contribution is -0.117. The van der Waals surface area contributed by atoms with Gasteiger partial charge in [-0.1, -0.05) is 0 Å². The number of amides is 1. The van der Waals surface area contributed by atoms with Crippen molar-refractivity contribution in [1.29, 1.82) is 0 Å². The van der Waals surface area contributed by atoms with Gasteiger partial charge in [-0.25, -0.2) is 4.68 Å². The van der Waals surface area contributed by atoms with E-state index in [1.165, 1.54) is 0 Å². The molecule has 3 rings (SSSR count). The molecule has 0 spiro atoms. The summed E-state index contributed by atoms with van der Waals surface area (Å²) in [7, 11) is 0. The number of β-amino-alcohol motifs (C(OH)–C–C–N with tert-alkyl or cyclic N) is 1. The van der Waals surface area contributed by atoms with Crippen molar-refractivity contribution in [3.63, 3.8) is 0 Å². The van der Waals surface area contributed by atoms with Crippen LogP contribution < -0.4 is 10.6 Å². The maximum Gasteiger partial charge on any atom is 0.241 e. The Labute approximate surface area is 116 Å². The van der Waals surface area contributed by atoms with Crippen LogP contribution in [0.3, 0.4) is 0 Å². The minimum atomic E-state index is -0.437. The van der Waals surface area contributed by atoms with E-state index in [0.29, 0.717) is 13.0 Å². The van der Waals surface area contributed by atoms with Gasteiger partial charge in [-0.15, -0.1) is 0 Å². The highest BCUT2D eigenvalue weighted by Gasteiger charge is 2.27. The lowest BCUT2D eigenvalue weighted by Crippen LogP contribution is -2.35. The fourth-order valence-electron chi connectivity index (χ4n) is 2.27. The molecule has 1 saturated heterocycles. The number of nitrogens with one attached hydrogen (secondary N) is 2. The largest absolute Gasteiger partial charge is 0.392 e. The summed E-state index contributed by atoms with van der Waals surface area (Å²) < 4.78 is 1.75. The molecule has 20 heavy (non-hydrogen) atoms. The van der Waals surface area contributed by atoms with Crippen LogP contribution in [0.5, 0.6) is 0 Å². The van der Waals surface area contributed by atoms with Gasteiger partial charge in [0.1, 0.15) is 0 Å². The Morgan fingerprint density at radius 1 is 1.40 bits per heavy atom. The fourth-order valence-corrected chi connectivity index (χ4v) is 2.27. The Bertz CT molecular complexity index is 580. The van der Waals surface area contributed by atoms with E-state index in [0.717, 1.165) is 11.4 Å². The van der Waals surface area contributed by atoms with E-state index < -0.39 is 6.10 Å². The minimum Gasteiger partial charge on any atom is -0.392 e. The van der Waals surface area contributed by atoms with Gasteiger partial charge in [0.05, 0.1) is 17.8 Å². The molecule has 1 amide bonds. The van der Waals surface area contributed by atoms with E-state index in [4.69, 9.17) is 0 Å². The molecule has 1 aromatic carbocycles. The molecule has 1 aliphatic heterocycles. The summed E-state index contributed by atoms with van der Waals surface area (Å²) >= 11 is 0. The van der Waals surface area contributed by atoms with E-state index in [2.05, 4.69) is 15.7 Å². The molecule has 2 unspecified atom stereocenters. The zero-order chi connectivity index (χ0) is 13.9. The molecule has 0 saturated carbocycles. The first-order valence-electron chi connectivity index (χ1n) is 6.55. The van der Waals surface area contributed by atoms with Crippen LogP contribution in [0.25, 0.3) is 5.69 Å². The molecule has 1 aromatic heterocycles. The number of hydrogen-bond donors (Lipinski definition) is 3. The predicted molar refractivity (Wildman–Crippen MR) is 74.6 cm³/mol. The zero-order valence-electron chi connectivity index (χ0n) is 10.9. The van der Waals surface area contributed by atoms with Gasteiger partial charge >= 0.3 is 0 Å². The summed E-state index contributed by atoms with van der Waals surface area (Å²) in [6.45, 7) is 0.469. The first-order valence-corrected chi connectivity index (χ1v) is 6.55. The lowest BCUT2D eigenvalue weighted by atomic mass is 10.2. The lowest BCUT2D eigenvalue weighted by Gasteiger charge is -2.11. The van der Waals surface area contributed by atoms with Crippen molar-refractivity contribution in [3.05, 3.63) is 42.7 Å². The highest BCUT2D eigenvalue weighted by Crippen LogP contribution is 2.14. The van der Waals surface area contributed by atoms with Crippen molar-refractivity contribution in [3.8, 4) is 5.69 Å². The van der Waals surface area contributed by atoms with E-state index in [-0.39, 0.29) is 11.9 Å². The molecule has 1 aliphatic rings. The van der Waals surface area contributed by atoms with Crippen LogP contribution in [-0.4, -0.2) is 39.5 Å². The van der Waals surface area contributed by atoms with Crippen LogP contribution in [-0.2, 0) is 4.79 Å². The Balaban J connectivity index is 1.65. The van der Waals surface area contributed by atoms with Crippen molar-refractivity contribution >= 4 is 11.6 Å². The smallest absolute Gasteiger partial charge is 0.241 e. The first kappa shape index (κ1) is 12.8. The average molecular weight is 272 g/mol.